The molecular formula is C68H78Cl2N6O7. The van der Waals surface area contributed by atoms with Gasteiger partial charge in [-0.05, 0) is 159 Å². The van der Waals surface area contributed by atoms with E-state index < -0.39 is 5.60 Å². The van der Waals surface area contributed by atoms with Gasteiger partial charge in [0.25, 0.3) is 0 Å². The van der Waals surface area contributed by atoms with Gasteiger partial charge in [0, 0.05) is 106 Å². The van der Waals surface area contributed by atoms with Crippen molar-refractivity contribution in [3.63, 3.8) is 0 Å². The van der Waals surface area contributed by atoms with Crippen molar-refractivity contribution < 1.29 is 34.0 Å². The number of carbonyl (C=O) groups excluding carboxylic acids is 1. The number of piperazine rings is 3. The van der Waals surface area contributed by atoms with Crippen LogP contribution in [-0.4, -0.2) is 105 Å². The molecule has 0 aliphatic carbocycles. The summed E-state index contributed by atoms with van der Waals surface area (Å²) in [4.78, 5) is 20.9. The monoisotopic (exact) mass is 1160 g/mol. The molecule has 436 valence electrons. The Labute approximate surface area is 500 Å². The summed E-state index contributed by atoms with van der Waals surface area (Å²) in [5.41, 5.74) is 6.67. The summed E-state index contributed by atoms with van der Waals surface area (Å²) in [5.74, 6) is 3.19. The van der Waals surface area contributed by atoms with Crippen LogP contribution in [0.5, 0.6) is 28.7 Å². The average Bonchev–Trinajstić information content (AvgIpc) is 3.55. The van der Waals surface area contributed by atoms with Gasteiger partial charge in [0.1, 0.15) is 54.2 Å². The summed E-state index contributed by atoms with van der Waals surface area (Å²) in [6.45, 7) is 18.8. The molecule has 0 aromatic heterocycles. The third-order valence-corrected chi connectivity index (χ3v) is 13.7. The lowest BCUT2D eigenvalue weighted by Crippen LogP contribution is -2.50. The highest BCUT2D eigenvalue weighted by Gasteiger charge is 2.26. The molecule has 3 fully saturated rings. The molecule has 0 spiro atoms. The summed E-state index contributed by atoms with van der Waals surface area (Å²) in [5, 5.41) is 25.9. The second-order valence-electron chi connectivity index (χ2n) is 20.7. The van der Waals surface area contributed by atoms with E-state index in [0.717, 1.165) is 105 Å². The summed E-state index contributed by atoms with van der Waals surface area (Å²) < 4.78 is 22.7. The van der Waals surface area contributed by atoms with Gasteiger partial charge >= 0.3 is 6.09 Å². The number of aromatic hydroxyl groups is 2. The Morgan fingerprint density at radius 3 is 1.02 bits per heavy atom. The second kappa shape index (κ2) is 33.8. The van der Waals surface area contributed by atoms with Gasteiger partial charge in [-0.15, -0.1) is 0 Å². The van der Waals surface area contributed by atoms with Crippen molar-refractivity contribution in [1.82, 2.24) is 15.5 Å². The lowest BCUT2D eigenvalue weighted by Gasteiger charge is -2.36. The van der Waals surface area contributed by atoms with Crippen molar-refractivity contribution in [1.29, 1.82) is 0 Å². The maximum Gasteiger partial charge on any atom is 0.410 e. The number of hydrogen-bond donors (Lipinski definition) is 4. The van der Waals surface area contributed by atoms with Crippen LogP contribution in [0.4, 0.5) is 21.9 Å². The molecule has 8 aromatic rings. The topological polar surface area (TPSA) is 131 Å². The van der Waals surface area contributed by atoms with Crippen LogP contribution in [-0.2, 0) is 24.6 Å². The molecule has 0 atom stereocenters. The minimum Gasteiger partial charge on any atom is -0.508 e. The van der Waals surface area contributed by atoms with E-state index in [1.165, 1.54) is 16.9 Å². The molecule has 0 bridgehead atoms. The van der Waals surface area contributed by atoms with E-state index in [4.69, 9.17) is 52.4 Å². The molecule has 8 aromatic carbocycles. The number of carbonyl (C=O) groups is 1. The van der Waals surface area contributed by atoms with E-state index in [0.29, 0.717) is 43.7 Å². The molecule has 4 N–H and O–H groups in total. The van der Waals surface area contributed by atoms with Crippen molar-refractivity contribution in [2.75, 3.05) is 93.2 Å². The molecule has 0 unspecified atom stereocenters. The maximum absolute atomic E-state index is 12.2. The van der Waals surface area contributed by atoms with E-state index in [1.807, 2.05) is 136 Å². The van der Waals surface area contributed by atoms with Gasteiger partial charge in [-0.1, -0.05) is 114 Å². The van der Waals surface area contributed by atoms with Crippen molar-refractivity contribution >= 4 is 46.4 Å². The van der Waals surface area contributed by atoms with Crippen LogP contribution in [0.15, 0.2) is 212 Å². The van der Waals surface area contributed by atoms with E-state index in [9.17, 15) is 4.79 Å². The van der Waals surface area contributed by atoms with Crippen molar-refractivity contribution in [3.8, 4) is 28.7 Å². The van der Waals surface area contributed by atoms with Crippen LogP contribution in [0.25, 0.3) is 0 Å². The van der Waals surface area contributed by atoms with Crippen molar-refractivity contribution in [2.24, 2.45) is 0 Å². The molecule has 3 heterocycles. The molecule has 3 saturated heterocycles. The lowest BCUT2D eigenvalue weighted by atomic mass is 10.2. The molecule has 0 radical (unpaired) electrons. The standard InChI is InChI=1S/C22H28N2O3.C17H20N2O.C13H11ClO.C10H14N2O.C6H5ClO/c1-22(2,3)27-21(25)24-15-13-23(14-16-24)19-9-11-20(12-10-19)26-17-18-7-5-4-6-8-18;1-2-4-15(5-3-1)14-20-17-8-6-16(7-9-17)19-12-10-18-11-13-19;14-12-6-8-13(9-7-12)15-10-11-4-2-1-3-5-11;13-10-3-1-9(2-4-10)12-7-5-11-6-8-12;7-5-1-3-6(8)4-2-5/h4-12H,13-17H2,1-3H3;1-9,18H,10-14H2;1-9H,10H2;1-4,11,13H,5-8H2;1-4,8H. The summed E-state index contributed by atoms with van der Waals surface area (Å²) in [6.07, 6.45) is -0.230. The number of phenols is 2. The third kappa shape index (κ3) is 23.4. The molecule has 11 rings (SSSR count). The zero-order chi connectivity index (χ0) is 58.5. The molecular weight excluding hydrogens is 1080 g/mol. The molecule has 13 nitrogen and oxygen atoms in total. The van der Waals surface area contributed by atoms with Crippen LogP contribution in [0.2, 0.25) is 10.0 Å². The Kier molecular flexibility index (Phi) is 25.4. The highest BCUT2D eigenvalue weighted by molar-refractivity contribution is 6.30. The first-order valence-corrected chi connectivity index (χ1v) is 28.9. The number of halogens is 2. The van der Waals surface area contributed by atoms with Crippen molar-refractivity contribution in [2.45, 2.75) is 46.2 Å². The first kappa shape index (κ1) is 62.5. The Hall–Kier alpha value is -8.07. The first-order chi connectivity index (χ1) is 40.3. The lowest BCUT2D eigenvalue weighted by molar-refractivity contribution is 0.0240. The fraction of sp³-hybridized carbons (Fsp3) is 0.279. The molecule has 15 heteroatoms. The maximum atomic E-state index is 12.2. The van der Waals surface area contributed by atoms with Gasteiger partial charge < -0.3 is 59.4 Å². The molecule has 3 aliphatic rings. The van der Waals surface area contributed by atoms with Crippen LogP contribution in [0, 0.1) is 0 Å². The number of amides is 1. The van der Waals surface area contributed by atoms with E-state index >= 15 is 0 Å². The van der Waals surface area contributed by atoms with E-state index in [2.05, 4.69) is 86.0 Å². The van der Waals surface area contributed by atoms with Crippen molar-refractivity contribution in [3.05, 3.63) is 239 Å². The normalized spacial score (nSPS) is 13.8. The van der Waals surface area contributed by atoms with Gasteiger partial charge in [-0.25, -0.2) is 4.79 Å². The Balaban J connectivity index is 0.000000157. The van der Waals surface area contributed by atoms with Gasteiger partial charge in [0.15, 0.2) is 0 Å². The Morgan fingerprint density at radius 1 is 0.410 bits per heavy atom. The number of nitrogens with zero attached hydrogens (tertiary/aromatic N) is 4. The van der Waals surface area contributed by atoms with Gasteiger partial charge in [-0.3, -0.25) is 0 Å². The fourth-order valence-corrected chi connectivity index (χ4v) is 8.94. The fourth-order valence-electron chi connectivity index (χ4n) is 8.68. The number of anilines is 3. The summed E-state index contributed by atoms with van der Waals surface area (Å²) >= 11 is 11.3. The first-order valence-electron chi connectivity index (χ1n) is 28.2. The van der Waals surface area contributed by atoms with Crippen LogP contribution in [0.1, 0.15) is 37.5 Å². The predicted molar refractivity (Wildman–Crippen MR) is 338 cm³/mol. The SMILES string of the molecule is CC(C)(C)OC(=O)N1CCN(c2ccc(OCc3ccccc3)cc2)CC1.Clc1ccc(OCc2ccccc2)cc1.Oc1ccc(Cl)cc1.Oc1ccc(N2CCNCC2)cc1.c1ccc(COc2ccc(N3CCNCC3)cc2)cc1. The average molecular weight is 1160 g/mol. The minimum atomic E-state index is -0.455. The zero-order valence-corrected chi connectivity index (χ0v) is 49.3. The van der Waals surface area contributed by atoms with E-state index in [-0.39, 0.29) is 11.8 Å². The Morgan fingerprint density at radius 2 is 0.699 bits per heavy atom. The highest BCUT2D eigenvalue weighted by Crippen LogP contribution is 2.25. The minimum absolute atomic E-state index is 0.230. The predicted octanol–water partition coefficient (Wildman–Crippen LogP) is 13.8. The van der Waals surface area contributed by atoms with Crippen LogP contribution < -0.4 is 39.5 Å². The number of benzene rings is 8. The number of phenolic OH excluding ortho intramolecular Hbond substituents is 2. The third-order valence-electron chi connectivity index (χ3n) is 13.2. The number of hydrogen-bond acceptors (Lipinski definition) is 12. The largest absolute Gasteiger partial charge is 0.508 e. The smallest absolute Gasteiger partial charge is 0.410 e. The quantitative estimate of drug-likeness (QED) is 0.0929. The number of rotatable bonds is 12. The molecule has 1 amide bonds. The zero-order valence-electron chi connectivity index (χ0n) is 47.8. The Bertz CT molecular complexity index is 3010. The molecule has 3 aliphatic heterocycles. The van der Waals surface area contributed by atoms with Gasteiger partial charge in [0.05, 0.1) is 0 Å². The second-order valence-corrected chi connectivity index (χ2v) is 21.6. The van der Waals surface area contributed by atoms with E-state index in [1.54, 1.807) is 41.3 Å². The summed E-state index contributed by atoms with van der Waals surface area (Å²) in [6, 6.07) is 68.1. The van der Waals surface area contributed by atoms with Gasteiger partial charge in [-0.2, -0.15) is 0 Å². The molecule has 0 saturated carbocycles. The van der Waals surface area contributed by atoms with Gasteiger partial charge in [0.2, 0.25) is 0 Å². The number of nitrogens with one attached hydrogen (secondary N) is 2. The summed E-state index contributed by atoms with van der Waals surface area (Å²) in [7, 11) is 0. The number of ether oxygens (including phenoxy) is 4. The highest BCUT2D eigenvalue weighted by atomic mass is 35.5. The van der Waals surface area contributed by atoms with Crippen LogP contribution >= 0.6 is 23.2 Å². The molecule has 83 heavy (non-hydrogen) atoms. The van der Waals surface area contributed by atoms with Crippen LogP contribution in [0.3, 0.4) is 0 Å².